The summed E-state index contributed by atoms with van der Waals surface area (Å²) in [6.45, 7) is 18.8. The minimum Gasteiger partial charge on any atom is -0.507 e. The maximum atomic E-state index is 12.7. The van der Waals surface area contributed by atoms with Crippen molar-refractivity contribution in [2.75, 3.05) is 26.9 Å². The zero-order valence-corrected chi connectivity index (χ0v) is 24.9. The number of aryl methyl sites for hydroxylation is 1. The number of phenols is 1. The summed E-state index contributed by atoms with van der Waals surface area (Å²) >= 11 is 0. The lowest BCUT2D eigenvalue weighted by molar-refractivity contribution is -0.155. The van der Waals surface area contributed by atoms with Crippen molar-refractivity contribution < 1.29 is 28.9 Å². The fourth-order valence-corrected chi connectivity index (χ4v) is 4.14. The van der Waals surface area contributed by atoms with Crippen molar-refractivity contribution >= 4 is 11.9 Å². The molecule has 1 rings (SSSR count). The van der Waals surface area contributed by atoms with Crippen molar-refractivity contribution in [3.8, 4) is 5.75 Å². The van der Waals surface area contributed by atoms with Crippen LogP contribution in [0.5, 0.6) is 5.75 Å². The second-order valence-corrected chi connectivity index (χ2v) is 12.4. The number of carbonyl (C=O) groups excluding carboxylic acids is 2. The van der Waals surface area contributed by atoms with Crippen molar-refractivity contribution in [1.82, 2.24) is 0 Å². The van der Waals surface area contributed by atoms with Gasteiger partial charge in [-0.1, -0.05) is 79.2 Å². The quantitative estimate of drug-likeness (QED) is 0.229. The highest BCUT2D eigenvalue weighted by molar-refractivity contribution is 5.70. The second kappa shape index (κ2) is 14.0. The smallest absolute Gasteiger partial charge is 0.306 e. The largest absolute Gasteiger partial charge is 0.507 e. The Labute approximate surface area is 224 Å². The average Bonchev–Trinajstić information content (AvgIpc) is 2.80. The van der Waals surface area contributed by atoms with Crippen LogP contribution in [0.25, 0.3) is 0 Å². The van der Waals surface area contributed by atoms with Gasteiger partial charge >= 0.3 is 11.9 Å². The molecular weight excluding hydrogens is 468 g/mol. The van der Waals surface area contributed by atoms with Gasteiger partial charge in [-0.25, -0.2) is 0 Å². The Morgan fingerprint density at radius 3 is 1.73 bits per heavy atom. The van der Waals surface area contributed by atoms with Crippen LogP contribution in [0, 0.1) is 5.41 Å². The van der Waals surface area contributed by atoms with E-state index in [-0.39, 0.29) is 42.4 Å². The third-order valence-corrected chi connectivity index (χ3v) is 6.57. The molecule has 0 fully saturated rings. The first-order valence-corrected chi connectivity index (χ1v) is 13.4. The first kappa shape index (κ1) is 32.7. The van der Waals surface area contributed by atoms with E-state index in [0.29, 0.717) is 31.6 Å². The topological polar surface area (TPSA) is 82.1 Å². The van der Waals surface area contributed by atoms with Crippen molar-refractivity contribution in [3.05, 3.63) is 40.5 Å². The molecule has 0 saturated heterocycles. The highest BCUT2D eigenvalue weighted by atomic mass is 16.6. The van der Waals surface area contributed by atoms with Crippen LogP contribution < -0.4 is 0 Å². The van der Waals surface area contributed by atoms with E-state index < -0.39 is 5.41 Å². The van der Waals surface area contributed by atoms with Gasteiger partial charge in [0.2, 0.25) is 0 Å². The lowest BCUT2D eigenvalue weighted by atomic mass is 9.78. The normalized spacial score (nSPS) is 14.3. The van der Waals surface area contributed by atoms with Crippen LogP contribution in [0.2, 0.25) is 0 Å². The van der Waals surface area contributed by atoms with E-state index in [1.807, 2.05) is 32.1 Å². The number of hydrogen-bond donors (Lipinski definition) is 1. The minimum atomic E-state index is -0.633. The summed E-state index contributed by atoms with van der Waals surface area (Å²) in [5.41, 5.74) is 2.87. The summed E-state index contributed by atoms with van der Waals surface area (Å²) < 4.78 is 16.4. The molecule has 1 aromatic carbocycles. The number of allylic oxidation sites excluding steroid dienone is 2. The van der Waals surface area contributed by atoms with E-state index in [2.05, 4.69) is 48.5 Å². The number of carbonyl (C=O) groups is 2. The van der Waals surface area contributed by atoms with Gasteiger partial charge in [0.05, 0.1) is 12.0 Å². The molecule has 6 heteroatoms. The molecular formula is C31H50O6. The summed E-state index contributed by atoms with van der Waals surface area (Å²) in [5, 5.41) is 10.9. The second-order valence-electron chi connectivity index (χ2n) is 12.4. The first-order valence-electron chi connectivity index (χ1n) is 13.4. The summed E-state index contributed by atoms with van der Waals surface area (Å²) in [4.78, 5) is 24.9. The fourth-order valence-electron chi connectivity index (χ4n) is 4.14. The fraction of sp³-hybridized carbons (Fsp3) is 0.677. The highest BCUT2D eigenvalue weighted by Gasteiger charge is 2.29. The molecule has 1 aromatic rings. The minimum absolute atomic E-state index is 0.0953. The molecule has 0 aromatic heterocycles. The molecule has 1 unspecified atom stereocenters. The van der Waals surface area contributed by atoms with Crippen molar-refractivity contribution in [1.29, 1.82) is 0 Å². The monoisotopic (exact) mass is 518 g/mol. The molecule has 0 spiro atoms. The Morgan fingerprint density at radius 2 is 1.32 bits per heavy atom. The van der Waals surface area contributed by atoms with Crippen LogP contribution in [-0.2, 0) is 41.1 Å². The van der Waals surface area contributed by atoms with Crippen LogP contribution in [-0.4, -0.2) is 44.0 Å². The molecule has 0 aliphatic rings. The Kier molecular flexibility index (Phi) is 12.4. The van der Waals surface area contributed by atoms with Crippen molar-refractivity contribution in [2.24, 2.45) is 5.41 Å². The molecule has 1 N–H and O–H groups in total. The number of hydrogen-bond acceptors (Lipinski definition) is 6. The third kappa shape index (κ3) is 10.9. The first-order chi connectivity index (χ1) is 17.1. The van der Waals surface area contributed by atoms with Gasteiger partial charge in [-0.3, -0.25) is 9.59 Å². The predicted octanol–water partition coefficient (Wildman–Crippen LogP) is 6.80. The van der Waals surface area contributed by atoms with E-state index in [0.717, 1.165) is 23.1 Å². The van der Waals surface area contributed by atoms with Crippen molar-refractivity contribution in [2.45, 2.75) is 105 Å². The van der Waals surface area contributed by atoms with Gasteiger partial charge in [0, 0.05) is 20.0 Å². The maximum Gasteiger partial charge on any atom is 0.306 e. The Hall–Kier alpha value is -2.34. The number of ether oxygens (including phenoxy) is 3. The van der Waals surface area contributed by atoms with E-state index >= 15 is 0 Å². The number of aromatic hydroxyl groups is 1. The molecule has 0 amide bonds. The number of methoxy groups -OCH3 is 1. The molecule has 0 heterocycles. The Bertz CT molecular complexity index is 897. The highest BCUT2D eigenvalue weighted by Crippen LogP contribution is 2.40. The predicted molar refractivity (Wildman–Crippen MR) is 149 cm³/mol. The Morgan fingerprint density at radius 1 is 0.838 bits per heavy atom. The SMILES string of the molecule is C/C=C(\CC)CCC(=O)OCC(C)(COC)COC(=O)CCc1cc(C(C)(C)C)c(O)c(C(C)(C)C)c1. The Balaban J connectivity index is 2.79. The molecule has 6 nitrogen and oxygen atoms in total. The average molecular weight is 519 g/mol. The molecule has 0 aliphatic heterocycles. The maximum absolute atomic E-state index is 12.7. The van der Waals surface area contributed by atoms with E-state index in [1.165, 1.54) is 5.57 Å². The molecule has 210 valence electrons. The van der Waals surface area contributed by atoms with Crippen LogP contribution in [0.1, 0.15) is 105 Å². The number of esters is 2. The summed E-state index contributed by atoms with van der Waals surface area (Å²) in [7, 11) is 1.58. The zero-order chi connectivity index (χ0) is 28.4. The molecule has 0 aliphatic carbocycles. The standard InChI is InChI=1S/C31H50O6/c1-11-22(12-2)13-15-26(32)36-20-31(9,19-35-10)21-37-27(33)16-14-23-17-24(29(3,4)5)28(34)25(18-23)30(6,7)8/h11,17-18,34H,12-16,19-21H2,1-10H3/b22-11+. The number of phenolic OH excluding ortho intramolecular Hbond substituents is 1. The molecule has 0 saturated carbocycles. The lowest BCUT2D eigenvalue weighted by Crippen LogP contribution is -2.35. The van der Waals surface area contributed by atoms with Crippen LogP contribution in [0.4, 0.5) is 0 Å². The zero-order valence-electron chi connectivity index (χ0n) is 24.9. The van der Waals surface area contributed by atoms with Crippen LogP contribution in [0.3, 0.4) is 0 Å². The third-order valence-electron chi connectivity index (χ3n) is 6.57. The van der Waals surface area contributed by atoms with Gasteiger partial charge in [0.1, 0.15) is 19.0 Å². The molecule has 37 heavy (non-hydrogen) atoms. The van der Waals surface area contributed by atoms with E-state index in [1.54, 1.807) is 7.11 Å². The van der Waals surface area contributed by atoms with Gasteiger partial charge in [-0.05, 0) is 53.7 Å². The van der Waals surface area contributed by atoms with Gasteiger partial charge in [0.25, 0.3) is 0 Å². The molecule has 0 radical (unpaired) electrons. The van der Waals surface area contributed by atoms with Gasteiger partial charge in [-0.2, -0.15) is 0 Å². The van der Waals surface area contributed by atoms with E-state index in [9.17, 15) is 14.7 Å². The number of rotatable bonds is 13. The summed E-state index contributed by atoms with van der Waals surface area (Å²) in [6.07, 6.45) is 4.69. The molecule has 0 bridgehead atoms. The van der Waals surface area contributed by atoms with Crippen LogP contribution in [0.15, 0.2) is 23.8 Å². The van der Waals surface area contributed by atoms with E-state index in [4.69, 9.17) is 14.2 Å². The summed E-state index contributed by atoms with van der Waals surface area (Å²) in [6, 6.07) is 3.98. The summed E-state index contributed by atoms with van der Waals surface area (Å²) in [5.74, 6) is -0.261. The van der Waals surface area contributed by atoms with Crippen LogP contribution >= 0.6 is 0 Å². The lowest BCUT2D eigenvalue weighted by Gasteiger charge is -2.28. The van der Waals surface area contributed by atoms with Gasteiger partial charge < -0.3 is 19.3 Å². The number of benzene rings is 1. The van der Waals surface area contributed by atoms with Crippen molar-refractivity contribution in [3.63, 3.8) is 0 Å². The van der Waals surface area contributed by atoms with Gasteiger partial charge in [-0.15, -0.1) is 0 Å². The molecule has 1 atom stereocenters. The van der Waals surface area contributed by atoms with Gasteiger partial charge in [0.15, 0.2) is 0 Å².